The van der Waals surface area contributed by atoms with E-state index in [-0.39, 0.29) is 0 Å². The van der Waals surface area contributed by atoms with E-state index in [4.69, 9.17) is 5.73 Å². The number of aryl methyl sites for hydroxylation is 1. The van der Waals surface area contributed by atoms with Crippen LogP contribution in [0.25, 0.3) is 16.7 Å². The Bertz CT molecular complexity index is 762. The van der Waals surface area contributed by atoms with E-state index in [0.29, 0.717) is 11.4 Å². The van der Waals surface area contributed by atoms with Gasteiger partial charge in [0.15, 0.2) is 5.82 Å². The van der Waals surface area contributed by atoms with E-state index in [1.165, 1.54) is 0 Å². The molecule has 0 saturated heterocycles. The molecule has 0 atom stereocenters. The van der Waals surface area contributed by atoms with Gasteiger partial charge in [0.05, 0.1) is 17.3 Å². The second-order valence-corrected chi connectivity index (χ2v) is 4.31. The van der Waals surface area contributed by atoms with Gasteiger partial charge in [-0.15, -0.1) is 0 Å². The lowest BCUT2D eigenvalue weighted by molar-refractivity contribution is 0.100. The number of primary amides is 1. The van der Waals surface area contributed by atoms with Gasteiger partial charge in [-0.3, -0.25) is 14.3 Å². The third-order valence-electron chi connectivity index (χ3n) is 3.10. The number of aromatic nitrogens is 3. The molecule has 0 saturated carbocycles. The van der Waals surface area contributed by atoms with Crippen molar-refractivity contribution < 1.29 is 4.79 Å². The van der Waals surface area contributed by atoms with E-state index in [0.717, 1.165) is 16.5 Å². The van der Waals surface area contributed by atoms with Crippen LogP contribution < -0.4 is 5.73 Å². The number of fused-ring (bicyclic) bond motifs is 1. The van der Waals surface area contributed by atoms with Gasteiger partial charge in [0, 0.05) is 24.0 Å². The minimum absolute atomic E-state index is 0.443. The molecule has 5 heteroatoms. The van der Waals surface area contributed by atoms with Gasteiger partial charge in [0.25, 0.3) is 5.91 Å². The Kier molecular flexibility index (Phi) is 2.52. The Morgan fingerprint density at radius 2 is 2.16 bits per heavy atom. The summed E-state index contributed by atoms with van der Waals surface area (Å²) < 4.78 is 1.83. The van der Waals surface area contributed by atoms with E-state index in [1.54, 1.807) is 24.8 Å². The highest BCUT2D eigenvalue weighted by molar-refractivity contribution is 6.07. The zero-order valence-electron chi connectivity index (χ0n) is 10.4. The van der Waals surface area contributed by atoms with Crippen LogP contribution in [0.2, 0.25) is 0 Å². The lowest BCUT2D eigenvalue weighted by atomic mass is 10.1. The molecule has 5 nitrogen and oxygen atoms in total. The Morgan fingerprint density at radius 1 is 1.32 bits per heavy atom. The van der Waals surface area contributed by atoms with Gasteiger partial charge in [-0.1, -0.05) is 12.1 Å². The summed E-state index contributed by atoms with van der Waals surface area (Å²) in [6, 6.07) is 5.83. The molecule has 0 fully saturated rings. The zero-order chi connectivity index (χ0) is 13.4. The second-order valence-electron chi connectivity index (χ2n) is 4.31. The number of benzene rings is 1. The molecule has 2 N–H and O–H groups in total. The zero-order valence-corrected chi connectivity index (χ0v) is 10.4. The molecule has 0 unspecified atom stereocenters. The van der Waals surface area contributed by atoms with Gasteiger partial charge >= 0.3 is 0 Å². The number of nitrogens with zero attached hydrogens (tertiary/aromatic N) is 3. The third kappa shape index (κ3) is 1.76. The van der Waals surface area contributed by atoms with Crippen LogP contribution in [-0.2, 0) is 0 Å². The van der Waals surface area contributed by atoms with Gasteiger partial charge in [0.1, 0.15) is 0 Å². The average molecular weight is 252 g/mol. The largest absolute Gasteiger partial charge is 0.366 e. The number of carbonyl (C=O) groups excluding carboxylic acids is 1. The molecule has 0 aliphatic carbocycles. The number of hydrogen-bond acceptors (Lipinski definition) is 3. The quantitative estimate of drug-likeness (QED) is 0.756. The van der Waals surface area contributed by atoms with Crippen molar-refractivity contribution in [2.75, 3.05) is 0 Å². The summed E-state index contributed by atoms with van der Waals surface area (Å²) in [5.74, 6) is 0.215. The van der Waals surface area contributed by atoms with Crippen molar-refractivity contribution in [3.8, 4) is 5.82 Å². The summed E-state index contributed by atoms with van der Waals surface area (Å²) in [4.78, 5) is 19.9. The molecule has 2 aromatic heterocycles. The standard InChI is InChI=1S/C14H12N4O/c1-9-3-2-4-11-13(9)10(14(15)19)8-18(11)12-7-16-5-6-17-12/h2-8H,1H3,(H2,15,19). The molecule has 3 rings (SSSR count). The number of rotatable bonds is 2. The predicted molar refractivity (Wildman–Crippen MR) is 72.1 cm³/mol. The topological polar surface area (TPSA) is 73.8 Å². The average Bonchev–Trinajstić information content (AvgIpc) is 2.81. The maximum atomic E-state index is 11.6. The molecule has 0 spiro atoms. The molecule has 19 heavy (non-hydrogen) atoms. The lowest BCUT2D eigenvalue weighted by Gasteiger charge is -2.03. The van der Waals surface area contributed by atoms with Gasteiger partial charge in [-0.05, 0) is 18.6 Å². The first-order valence-electron chi connectivity index (χ1n) is 5.85. The highest BCUT2D eigenvalue weighted by Gasteiger charge is 2.15. The Labute approximate surface area is 109 Å². The van der Waals surface area contributed by atoms with Crippen LogP contribution in [0, 0.1) is 6.92 Å². The van der Waals surface area contributed by atoms with Crippen molar-refractivity contribution in [1.29, 1.82) is 0 Å². The molecule has 1 amide bonds. The normalized spacial score (nSPS) is 10.8. The first-order valence-corrected chi connectivity index (χ1v) is 5.85. The molecule has 0 aliphatic heterocycles. The fraction of sp³-hybridized carbons (Fsp3) is 0.0714. The first-order chi connectivity index (χ1) is 9.18. The highest BCUT2D eigenvalue weighted by atomic mass is 16.1. The van der Waals surface area contributed by atoms with Crippen LogP contribution in [0.3, 0.4) is 0 Å². The van der Waals surface area contributed by atoms with Crippen molar-refractivity contribution in [3.05, 3.63) is 54.1 Å². The minimum Gasteiger partial charge on any atom is -0.366 e. The third-order valence-corrected chi connectivity index (χ3v) is 3.10. The molecule has 0 bridgehead atoms. The van der Waals surface area contributed by atoms with Crippen LogP contribution >= 0.6 is 0 Å². The minimum atomic E-state index is -0.443. The molecule has 1 aromatic carbocycles. The SMILES string of the molecule is Cc1cccc2c1c(C(N)=O)cn2-c1cnccn1. The maximum Gasteiger partial charge on any atom is 0.250 e. The molecule has 2 heterocycles. The summed E-state index contributed by atoms with van der Waals surface area (Å²) in [6.45, 7) is 1.95. The van der Waals surface area contributed by atoms with Gasteiger partial charge < -0.3 is 5.73 Å². The van der Waals surface area contributed by atoms with Crippen molar-refractivity contribution in [2.24, 2.45) is 5.73 Å². The fourth-order valence-electron chi connectivity index (χ4n) is 2.26. The van der Waals surface area contributed by atoms with Crippen molar-refractivity contribution >= 4 is 16.8 Å². The van der Waals surface area contributed by atoms with E-state index < -0.39 is 5.91 Å². The molecular weight excluding hydrogens is 240 g/mol. The molecule has 94 valence electrons. The monoisotopic (exact) mass is 252 g/mol. The van der Waals surface area contributed by atoms with Crippen LogP contribution in [0.5, 0.6) is 0 Å². The van der Waals surface area contributed by atoms with Gasteiger partial charge in [-0.2, -0.15) is 0 Å². The number of amides is 1. The van der Waals surface area contributed by atoms with Crippen molar-refractivity contribution in [3.63, 3.8) is 0 Å². The predicted octanol–water partition coefficient (Wildman–Crippen LogP) is 1.83. The smallest absolute Gasteiger partial charge is 0.250 e. The summed E-state index contributed by atoms with van der Waals surface area (Å²) >= 11 is 0. The Morgan fingerprint density at radius 3 is 2.84 bits per heavy atom. The molecule has 0 aliphatic rings. The maximum absolute atomic E-state index is 11.6. The summed E-state index contributed by atoms with van der Waals surface area (Å²) in [5.41, 5.74) is 7.86. The first kappa shape index (κ1) is 11.4. The fourth-order valence-corrected chi connectivity index (χ4v) is 2.26. The van der Waals surface area contributed by atoms with E-state index in [2.05, 4.69) is 9.97 Å². The number of carbonyl (C=O) groups is 1. The van der Waals surface area contributed by atoms with E-state index >= 15 is 0 Å². The van der Waals surface area contributed by atoms with Gasteiger partial charge in [-0.25, -0.2) is 4.98 Å². The molecule has 0 radical (unpaired) electrons. The summed E-state index contributed by atoms with van der Waals surface area (Å²) in [7, 11) is 0. The van der Waals surface area contributed by atoms with Crippen LogP contribution in [-0.4, -0.2) is 20.4 Å². The second kappa shape index (κ2) is 4.20. The number of hydrogen-bond donors (Lipinski definition) is 1. The summed E-state index contributed by atoms with van der Waals surface area (Å²) in [6.07, 6.45) is 6.58. The molecular formula is C14H12N4O. The van der Waals surface area contributed by atoms with Crippen LogP contribution in [0.1, 0.15) is 15.9 Å². The summed E-state index contributed by atoms with van der Waals surface area (Å²) in [5, 5.41) is 0.862. The van der Waals surface area contributed by atoms with Crippen LogP contribution in [0.15, 0.2) is 43.0 Å². The highest BCUT2D eigenvalue weighted by Crippen LogP contribution is 2.26. The van der Waals surface area contributed by atoms with Crippen LogP contribution in [0.4, 0.5) is 0 Å². The number of nitrogens with two attached hydrogens (primary N) is 1. The van der Waals surface area contributed by atoms with Crippen molar-refractivity contribution in [2.45, 2.75) is 6.92 Å². The molecule has 3 aromatic rings. The lowest BCUT2D eigenvalue weighted by Crippen LogP contribution is -2.10. The Balaban J connectivity index is 2.39. The Hall–Kier alpha value is -2.69. The van der Waals surface area contributed by atoms with Crippen molar-refractivity contribution in [1.82, 2.24) is 14.5 Å². The van der Waals surface area contributed by atoms with Gasteiger partial charge in [0.2, 0.25) is 0 Å². The van der Waals surface area contributed by atoms with E-state index in [9.17, 15) is 4.79 Å². The van der Waals surface area contributed by atoms with E-state index in [1.807, 2.05) is 29.7 Å².